The molecule has 11 heavy (non-hydrogen) atoms. The summed E-state index contributed by atoms with van der Waals surface area (Å²) in [5.41, 5.74) is 0. The van der Waals surface area contributed by atoms with Crippen molar-refractivity contribution >= 4 is 0 Å². The predicted molar refractivity (Wildman–Crippen MR) is 43.1 cm³/mol. The largest absolute Gasteiger partial charge is 0.393 e. The molecule has 62 valence electrons. The molecule has 5 atom stereocenters. The Bertz CT molecular complexity index is 176. The van der Waals surface area contributed by atoms with Crippen molar-refractivity contribution in [3.63, 3.8) is 0 Å². The van der Waals surface area contributed by atoms with Crippen molar-refractivity contribution in [3.8, 4) is 0 Å². The van der Waals surface area contributed by atoms with Crippen molar-refractivity contribution in [2.75, 3.05) is 0 Å². The third kappa shape index (κ3) is 0.703. The van der Waals surface area contributed by atoms with Crippen LogP contribution in [0.4, 0.5) is 0 Å². The molecule has 0 amide bonds. The van der Waals surface area contributed by atoms with Crippen LogP contribution in [0, 0.1) is 23.7 Å². The predicted octanol–water partition coefficient (Wildman–Crippen LogP) is 1.80. The molecule has 5 unspecified atom stereocenters. The quantitative estimate of drug-likeness (QED) is 0.561. The van der Waals surface area contributed by atoms with Gasteiger partial charge in [-0.1, -0.05) is 12.8 Å². The fourth-order valence-electron chi connectivity index (χ4n) is 4.01. The van der Waals surface area contributed by atoms with E-state index >= 15 is 0 Å². The highest BCUT2D eigenvalue weighted by molar-refractivity contribution is 5.03. The van der Waals surface area contributed by atoms with E-state index in [9.17, 15) is 5.11 Å². The smallest absolute Gasteiger partial charge is 0.0574 e. The Morgan fingerprint density at radius 2 is 1.82 bits per heavy atom. The minimum absolute atomic E-state index is 0.0827. The van der Waals surface area contributed by atoms with Gasteiger partial charge in [0.15, 0.2) is 0 Å². The Morgan fingerprint density at radius 3 is 2.64 bits per heavy atom. The molecule has 1 N–H and O–H groups in total. The summed E-state index contributed by atoms with van der Waals surface area (Å²) in [4.78, 5) is 0. The first-order valence-electron chi connectivity index (χ1n) is 5.04. The van der Waals surface area contributed by atoms with Gasteiger partial charge in [-0.2, -0.15) is 0 Å². The van der Waals surface area contributed by atoms with E-state index in [-0.39, 0.29) is 6.10 Å². The summed E-state index contributed by atoms with van der Waals surface area (Å²) in [6.07, 6.45) is 6.90. The third-order valence-corrected chi connectivity index (χ3v) is 4.40. The Morgan fingerprint density at radius 1 is 0.909 bits per heavy atom. The summed E-state index contributed by atoms with van der Waals surface area (Å²) in [5, 5.41) is 9.67. The molecular formula is C10H16O. The van der Waals surface area contributed by atoms with Crippen LogP contribution in [0.15, 0.2) is 0 Å². The lowest BCUT2D eigenvalue weighted by molar-refractivity contribution is 0.0940. The van der Waals surface area contributed by atoms with E-state index in [4.69, 9.17) is 0 Å². The minimum atomic E-state index is 0.0827. The normalized spacial score (nSPS) is 60.3. The highest BCUT2D eigenvalue weighted by Gasteiger charge is 2.53. The number of rotatable bonds is 0. The van der Waals surface area contributed by atoms with Crippen LogP contribution in [0.25, 0.3) is 0 Å². The van der Waals surface area contributed by atoms with Gasteiger partial charge in [-0.25, -0.2) is 0 Å². The van der Waals surface area contributed by atoms with Crippen LogP contribution < -0.4 is 0 Å². The average molecular weight is 152 g/mol. The Kier molecular flexibility index (Phi) is 1.18. The molecule has 0 spiro atoms. The zero-order valence-electron chi connectivity index (χ0n) is 6.87. The molecule has 0 aliphatic heterocycles. The maximum Gasteiger partial charge on any atom is 0.0574 e. The van der Waals surface area contributed by atoms with Gasteiger partial charge in [0.25, 0.3) is 0 Å². The fourth-order valence-corrected chi connectivity index (χ4v) is 4.01. The molecule has 3 saturated carbocycles. The second kappa shape index (κ2) is 2.01. The molecule has 1 nitrogen and oxygen atoms in total. The highest BCUT2D eigenvalue weighted by atomic mass is 16.3. The van der Waals surface area contributed by atoms with Crippen LogP contribution in [0.5, 0.6) is 0 Å². The van der Waals surface area contributed by atoms with Crippen LogP contribution in [-0.4, -0.2) is 11.2 Å². The van der Waals surface area contributed by atoms with Gasteiger partial charge in [0.1, 0.15) is 0 Å². The van der Waals surface area contributed by atoms with Crippen molar-refractivity contribution in [1.29, 1.82) is 0 Å². The molecule has 0 aromatic heterocycles. The highest BCUT2D eigenvalue weighted by Crippen LogP contribution is 2.58. The maximum atomic E-state index is 9.67. The van der Waals surface area contributed by atoms with Crippen molar-refractivity contribution in [1.82, 2.24) is 0 Å². The van der Waals surface area contributed by atoms with Crippen LogP contribution >= 0.6 is 0 Å². The van der Waals surface area contributed by atoms with Gasteiger partial charge in [0.2, 0.25) is 0 Å². The van der Waals surface area contributed by atoms with E-state index in [1.165, 1.54) is 25.7 Å². The van der Waals surface area contributed by atoms with Gasteiger partial charge < -0.3 is 5.11 Å². The van der Waals surface area contributed by atoms with Crippen molar-refractivity contribution < 1.29 is 5.11 Å². The lowest BCUT2D eigenvalue weighted by Gasteiger charge is -2.27. The zero-order chi connectivity index (χ0) is 7.42. The Hall–Kier alpha value is -0.0400. The van der Waals surface area contributed by atoms with E-state index < -0.39 is 0 Å². The SMILES string of the molecule is OC1CC2C3CCCC2C1C3. The first-order chi connectivity index (χ1) is 5.36. The van der Waals surface area contributed by atoms with Crippen LogP contribution in [-0.2, 0) is 0 Å². The van der Waals surface area contributed by atoms with Gasteiger partial charge in [-0.3, -0.25) is 0 Å². The summed E-state index contributed by atoms with van der Waals surface area (Å²) < 4.78 is 0. The molecular weight excluding hydrogens is 136 g/mol. The number of aliphatic hydroxyl groups excluding tert-OH is 1. The van der Waals surface area contributed by atoms with E-state index in [1.54, 1.807) is 0 Å². The topological polar surface area (TPSA) is 20.2 Å². The standard InChI is InChI=1S/C10H16O/c11-10-5-8-6-2-1-3-7(8)9(10)4-6/h6-11H,1-5H2. The molecule has 4 bridgehead atoms. The first-order valence-corrected chi connectivity index (χ1v) is 5.04. The molecule has 0 saturated heterocycles. The zero-order valence-corrected chi connectivity index (χ0v) is 6.87. The summed E-state index contributed by atoms with van der Waals surface area (Å²) in [7, 11) is 0. The molecule has 3 aliphatic carbocycles. The number of aliphatic hydroxyl groups is 1. The maximum absolute atomic E-state index is 9.67. The van der Waals surface area contributed by atoms with Crippen molar-refractivity contribution in [2.45, 2.75) is 38.2 Å². The van der Waals surface area contributed by atoms with E-state index in [2.05, 4.69) is 0 Å². The second-order valence-corrected chi connectivity index (χ2v) is 4.72. The van der Waals surface area contributed by atoms with E-state index in [0.717, 1.165) is 24.2 Å². The van der Waals surface area contributed by atoms with Crippen molar-refractivity contribution in [3.05, 3.63) is 0 Å². The van der Waals surface area contributed by atoms with Gasteiger partial charge in [0.05, 0.1) is 6.10 Å². The second-order valence-electron chi connectivity index (χ2n) is 4.72. The molecule has 0 radical (unpaired) electrons. The lowest BCUT2D eigenvalue weighted by atomic mass is 9.79. The Balaban J connectivity index is 1.92. The molecule has 3 aliphatic rings. The van der Waals surface area contributed by atoms with Crippen molar-refractivity contribution in [2.24, 2.45) is 23.7 Å². The average Bonchev–Trinajstić information content (AvgIpc) is 2.43. The summed E-state index contributed by atoms with van der Waals surface area (Å²) in [6.45, 7) is 0. The van der Waals surface area contributed by atoms with Crippen LogP contribution in [0.1, 0.15) is 32.1 Å². The third-order valence-electron chi connectivity index (χ3n) is 4.40. The lowest BCUT2D eigenvalue weighted by Crippen LogP contribution is -2.21. The molecule has 3 fully saturated rings. The molecule has 0 heterocycles. The van der Waals surface area contributed by atoms with Crippen LogP contribution in [0.3, 0.4) is 0 Å². The fraction of sp³-hybridized carbons (Fsp3) is 1.00. The summed E-state index contributed by atoms with van der Waals surface area (Å²) in [6, 6.07) is 0. The van der Waals surface area contributed by atoms with E-state index in [0.29, 0.717) is 5.92 Å². The number of hydrogen-bond acceptors (Lipinski definition) is 1. The van der Waals surface area contributed by atoms with Gasteiger partial charge >= 0.3 is 0 Å². The van der Waals surface area contributed by atoms with Crippen LogP contribution in [0.2, 0.25) is 0 Å². The van der Waals surface area contributed by atoms with E-state index in [1.807, 2.05) is 0 Å². The number of hydrogen-bond donors (Lipinski definition) is 1. The Labute approximate surface area is 67.8 Å². The monoisotopic (exact) mass is 152 g/mol. The molecule has 1 heteroatoms. The first kappa shape index (κ1) is 6.47. The summed E-state index contributed by atoms with van der Waals surface area (Å²) in [5.74, 6) is 3.60. The molecule has 0 aromatic carbocycles. The molecule has 0 aromatic rings. The van der Waals surface area contributed by atoms with Gasteiger partial charge in [0, 0.05) is 0 Å². The minimum Gasteiger partial charge on any atom is -0.393 e. The molecule has 3 rings (SSSR count). The summed E-state index contributed by atoms with van der Waals surface area (Å²) >= 11 is 0. The van der Waals surface area contributed by atoms with Gasteiger partial charge in [-0.05, 0) is 42.9 Å². The van der Waals surface area contributed by atoms with Gasteiger partial charge in [-0.15, -0.1) is 0 Å².